The zero-order valence-corrected chi connectivity index (χ0v) is 23.4. The summed E-state index contributed by atoms with van der Waals surface area (Å²) in [5.41, 5.74) is 4.76. The Morgan fingerprint density at radius 2 is 1.82 bits per heavy atom. The molecule has 192 valence electrons. The number of para-hydroxylation sites is 2. The van der Waals surface area contributed by atoms with Crippen molar-refractivity contribution in [2.75, 3.05) is 13.7 Å². The number of carbonyl (C=O) groups excluding carboxylic acids is 2. The van der Waals surface area contributed by atoms with Gasteiger partial charge in [-0.2, -0.15) is 0 Å². The molecule has 5 rings (SSSR count). The molecular weight excluding hydrogens is 535 g/mol. The van der Waals surface area contributed by atoms with Crippen molar-refractivity contribution in [2.24, 2.45) is 0 Å². The lowest BCUT2D eigenvalue weighted by atomic mass is 10.2. The largest absolute Gasteiger partial charge is 0.497 e. The first-order chi connectivity index (χ1) is 18.4. The van der Waals surface area contributed by atoms with Crippen molar-refractivity contribution in [2.45, 2.75) is 24.3 Å². The minimum Gasteiger partial charge on any atom is -0.497 e. The Morgan fingerprint density at radius 1 is 1.08 bits per heavy atom. The Hall–Kier alpha value is -3.40. The molecule has 38 heavy (non-hydrogen) atoms. The van der Waals surface area contributed by atoms with Crippen LogP contribution in [0.5, 0.6) is 5.75 Å². The predicted octanol–water partition coefficient (Wildman–Crippen LogP) is 6.58. The van der Waals surface area contributed by atoms with Crippen LogP contribution in [0.4, 0.5) is 0 Å². The summed E-state index contributed by atoms with van der Waals surface area (Å²) in [6, 6.07) is 23.4. The van der Waals surface area contributed by atoms with Crippen LogP contribution < -0.4 is 4.74 Å². The van der Waals surface area contributed by atoms with Crippen LogP contribution in [0.25, 0.3) is 17.1 Å². The highest BCUT2D eigenvalue weighted by atomic mass is 32.2. The van der Waals surface area contributed by atoms with Crippen molar-refractivity contribution in [3.8, 4) is 5.75 Å². The first kappa shape index (κ1) is 26.2. The molecule has 0 unspecified atom stereocenters. The zero-order chi connectivity index (χ0) is 26.6. The molecule has 0 bridgehead atoms. The lowest BCUT2D eigenvalue weighted by Gasteiger charge is -2.15. The van der Waals surface area contributed by atoms with Gasteiger partial charge in [0.2, 0.25) is 5.91 Å². The molecule has 0 saturated carbocycles. The average molecular weight is 560 g/mol. The van der Waals surface area contributed by atoms with Gasteiger partial charge in [-0.25, -0.2) is 4.98 Å². The van der Waals surface area contributed by atoms with Crippen LogP contribution in [0.3, 0.4) is 0 Å². The second-order valence-electron chi connectivity index (χ2n) is 8.74. The molecule has 0 radical (unpaired) electrons. The molecule has 3 aromatic carbocycles. The quantitative estimate of drug-likeness (QED) is 0.137. The molecule has 0 spiro atoms. The third kappa shape index (κ3) is 5.70. The number of aryl methyl sites for hydroxylation is 1. The smallest absolute Gasteiger partial charge is 0.266 e. The molecule has 0 aliphatic carbocycles. The van der Waals surface area contributed by atoms with Gasteiger partial charge < -0.3 is 4.74 Å². The molecule has 6 nitrogen and oxygen atoms in total. The van der Waals surface area contributed by atoms with Gasteiger partial charge in [0.05, 0.1) is 23.0 Å². The van der Waals surface area contributed by atoms with E-state index in [1.807, 2.05) is 54.6 Å². The number of thioether (sulfide) groups is 2. The van der Waals surface area contributed by atoms with Gasteiger partial charge in [0.15, 0.2) is 5.16 Å². The fraction of sp³-hybridized carbons (Fsp3) is 0.172. The van der Waals surface area contributed by atoms with Crippen molar-refractivity contribution in [3.63, 3.8) is 0 Å². The van der Waals surface area contributed by atoms with E-state index in [2.05, 4.69) is 31.2 Å². The molecule has 4 aromatic rings. The highest BCUT2D eigenvalue weighted by molar-refractivity contribution is 8.26. The predicted molar refractivity (Wildman–Crippen MR) is 159 cm³/mol. The molecule has 1 aliphatic rings. The summed E-state index contributed by atoms with van der Waals surface area (Å²) < 4.78 is 7.31. The minimum atomic E-state index is -0.187. The van der Waals surface area contributed by atoms with Crippen molar-refractivity contribution in [1.82, 2.24) is 14.5 Å². The summed E-state index contributed by atoms with van der Waals surface area (Å²) >= 11 is 8.26. The summed E-state index contributed by atoms with van der Waals surface area (Å²) in [6.45, 7) is 2.26. The lowest BCUT2D eigenvalue weighted by molar-refractivity contribution is -0.122. The first-order valence-electron chi connectivity index (χ1n) is 12.0. The second kappa shape index (κ2) is 11.6. The molecule has 1 amide bonds. The van der Waals surface area contributed by atoms with E-state index in [1.165, 1.54) is 34.0 Å². The molecule has 1 aromatic heterocycles. The Morgan fingerprint density at radius 3 is 2.55 bits per heavy atom. The number of carbonyl (C=O) groups is 2. The number of amides is 1. The van der Waals surface area contributed by atoms with Gasteiger partial charge in [0, 0.05) is 18.7 Å². The van der Waals surface area contributed by atoms with E-state index < -0.39 is 0 Å². The van der Waals surface area contributed by atoms with Gasteiger partial charge in [-0.05, 0) is 48.4 Å². The highest BCUT2D eigenvalue weighted by Gasteiger charge is 2.32. The maximum absolute atomic E-state index is 13.5. The van der Waals surface area contributed by atoms with Gasteiger partial charge >= 0.3 is 0 Å². The van der Waals surface area contributed by atoms with E-state index >= 15 is 0 Å². The Labute approximate surface area is 235 Å². The van der Waals surface area contributed by atoms with E-state index in [-0.39, 0.29) is 24.8 Å². The molecule has 0 atom stereocenters. The number of rotatable bonds is 8. The number of methoxy groups -OCH3 is 1. The monoisotopic (exact) mass is 559 g/mol. The summed E-state index contributed by atoms with van der Waals surface area (Å²) in [4.78, 5) is 33.4. The Balaban J connectivity index is 1.31. The van der Waals surface area contributed by atoms with Crippen LogP contribution in [-0.4, -0.2) is 44.2 Å². The lowest BCUT2D eigenvalue weighted by Crippen LogP contribution is -2.31. The maximum Gasteiger partial charge on any atom is 0.266 e. The number of imidazole rings is 1. The van der Waals surface area contributed by atoms with Crippen molar-refractivity contribution >= 4 is 69.0 Å². The topological polar surface area (TPSA) is 64.4 Å². The highest BCUT2D eigenvalue weighted by Crippen LogP contribution is 2.33. The SMILES string of the molecule is COc1ccc(/C=C2\SC(=S)N(CCC(=O)n3c(SCc4ccc(C)cc4)nc4ccccc43)C2=O)cc1. The minimum absolute atomic E-state index is 0.126. The summed E-state index contributed by atoms with van der Waals surface area (Å²) in [6.07, 6.45) is 1.93. The van der Waals surface area contributed by atoms with Crippen LogP contribution in [-0.2, 0) is 10.5 Å². The van der Waals surface area contributed by atoms with E-state index in [0.717, 1.165) is 27.9 Å². The van der Waals surface area contributed by atoms with Gasteiger partial charge in [-0.15, -0.1) is 0 Å². The number of hydrogen-bond donors (Lipinski definition) is 0. The van der Waals surface area contributed by atoms with Crippen molar-refractivity contribution in [1.29, 1.82) is 0 Å². The number of aromatic nitrogens is 2. The van der Waals surface area contributed by atoms with Crippen LogP contribution in [0.1, 0.15) is 27.9 Å². The van der Waals surface area contributed by atoms with Crippen LogP contribution in [0.2, 0.25) is 0 Å². The number of ether oxygens (including phenoxy) is 1. The molecule has 9 heteroatoms. The average Bonchev–Trinajstić information content (AvgIpc) is 3.43. The van der Waals surface area contributed by atoms with Crippen molar-refractivity contribution < 1.29 is 14.3 Å². The van der Waals surface area contributed by atoms with E-state index in [9.17, 15) is 9.59 Å². The Bertz CT molecular complexity index is 1540. The summed E-state index contributed by atoms with van der Waals surface area (Å²) in [5.74, 6) is 1.13. The first-order valence-corrected chi connectivity index (χ1v) is 14.2. The third-order valence-corrected chi connectivity index (χ3v) is 8.49. The van der Waals surface area contributed by atoms with Crippen LogP contribution in [0.15, 0.2) is 82.9 Å². The molecule has 0 N–H and O–H groups in total. The number of fused-ring (bicyclic) bond motifs is 1. The van der Waals surface area contributed by atoms with Gasteiger partial charge in [-0.1, -0.05) is 89.8 Å². The number of hydrogen-bond acceptors (Lipinski definition) is 7. The molecule has 1 aliphatic heterocycles. The number of benzene rings is 3. The standard InChI is InChI=1S/C29H25N3O3S3/c1-19-7-9-21(10-8-19)18-37-28-30-23-5-3-4-6-24(23)32(28)26(33)15-16-31-27(34)25(38-29(31)36)17-20-11-13-22(35-2)14-12-20/h3-14,17H,15-16,18H2,1-2H3/b25-17-. The summed E-state index contributed by atoms with van der Waals surface area (Å²) in [5, 5.41) is 0.640. The summed E-state index contributed by atoms with van der Waals surface area (Å²) in [7, 11) is 1.61. The molecular formula is C29H25N3O3S3. The maximum atomic E-state index is 13.5. The fourth-order valence-electron chi connectivity index (χ4n) is 4.04. The van der Waals surface area contributed by atoms with E-state index in [0.29, 0.717) is 20.1 Å². The second-order valence-corrected chi connectivity index (χ2v) is 11.4. The number of thiocarbonyl (C=S) groups is 1. The Kier molecular flexibility index (Phi) is 7.97. The van der Waals surface area contributed by atoms with Gasteiger partial charge in [0.1, 0.15) is 10.1 Å². The van der Waals surface area contributed by atoms with Gasteiger partial charge in [0.25, 0.3) is 5.91 Å². The number of nitrogens with zero attached hydrogens (tertiary/aromatic N) is 3. The van der Waals surface area contributed by atoms with Crippen LogP contribution in [0, 0.1) is 6.92 Å². The normalized spacial score (nSPS) is 14.6. The zero-order valence-electron chi connectivity index (χ0n) is 20.9. The van der Waals surface area contributed by atoms with E-state index in [1.54, 1.807) is 11.7 Å². The fourth-order valence-corrected chi connectivity index (χ4v) is 6.33. The van der Waals surface area contributed by atoms with Crippen LogP contribution >= 0.6 is 35.7 Å². The molecule has 2 heterocycles. The van der Waals surface area contributed by atoms with Gasteiger partial charge in [-0.3, -0.25) is 19.1 Å². The molecule has 1 fully saturated rings. The van der Waals surface area contributed by atoms with E-state index in [4.69, 9.17) is 21.9 Å². The van der Waals surface area contributed by atoms with Crippen molar-refractivity contribution in [3.05, 3.63) is 94.4 Å². The molecule has 1 saturated heterocycles. The third-order valence-electron chi connectivity index (χ3n) is 6.10.